The lowest BCUT2D eigenvalue weighted by Gasteiger charge is -2.32. The predicted molar refractivity (Wildman–Crippen MR) is 76.4 cm³/mol. The van der Waals surface area contributed by atoms with Gasteiger partial charge in [-0.1, -0.05) is 22.0 Å². The number of carbonyl (C=O) groups is 2. The quantitative estimate of drug-likeness (QED) is 0.787. The van der Waals surface area contributed by atoms with Gasteiger partial charge < -0.3 is 14.4 Å². The van der Waals surface area contributed by atoms with Crippen LogP contribution in [0.25, 0.3) is 0 Å². The van der Waals surface area contributed by atoms with Gasteiger partial charge in [-0.2, -0.15) is 0 Å². The summed E-state index contributed by atoms with van der Waals surface area (Å²) >= 11 is 3.35. The second-order valence-electron chi connectivity index (χ2n) is 4.53. The van der Waals surface area contributed by atoms with Crippen LogP contribution in [0.15, 0.2) is 28.7 Å². The lowest BCUT2D eigenvalue weighted by Crippen LogP contribution is -2.46. The summed E-state index contributed by atoms with van der Waals surface area (Å²) in [4.78, 5) is 25.4. The molecule has 2 rings (SSSR count). The molecule has 108 valence electrons. The number of hydrogen-bond acceptors (Lipinski definition) is 4. The molecule has 20 heavy (non-hydrogen) atoms. The molecule has 1 aliphatic heterocycles. The summed E-state index contributed by atoms with van der Waals surface area (Å²) < 4.78 is 11.0. The normalized spacial score (nSPS) is 18.7. The average molecular weight is 342 g/mol. The molecular weight excluding hydrogens is 326 g/mol. The van der Waals surface area contributed by atoms with Crippen molar-refractivity contribution in [2.24, 2.45) is 0 Å². The van der Waals surface area contributed by atoms with Crippen molar-refractivity contribution in [1.29, 1.82) is 0 Å². The summed E-state index contributed by atoms with van der Waals surface area (Å²) in [5.74, 6) is -0.378. The Labute approximate surface area is 126 Å². The van der Waals surface area contributed by atoms with E-state index in [0.717, 1.165) is 4.47 Å². The number of esters is 1. The summed E-state index contributed by atoms with van der Waals surface area (Å²) in [5.41, 5.74) is 0.623. The molecule has 5 nitrogen and oxygen atoms in total. The van der Waals surface area contributed by atoms with Gasteiger partial charge in [-0.25, -0.2) is 0 Å². The van der Waals surface area contributed by atoms with Crippen LogP contribution in [0.4, 0.5) is 0 Å². The first kappa shape index (κ1) is 15.0. The van der Waals surface area contributed by atoms with Gasteiger partial charge in [0.1, 0.15) is 0 Å². The number of carbonyl (C=O) groups excluding carboxylic acids is 2. The van der Waals surface area contributed by atoms with Crippen LogP contribution in [0.1, 0.15) is 16.8 Å². The molecule has 0 bridgehead atoms. The zero-order valence-electron chi connectivity index (χ0n) is 11.2. The number of amides is 1. The summed E-state index contributed by atoms with van der Waals surface area (Å²) in [7, 11) is 1.34. The SMILES string of the molecule is COC(=O)CC1CN(C(=O)c2cccc(Br)c2)CCO1. The van der Waals surface area contributed by atoms with E-state index >= 15 is 0 Å². The molecule has 1 saturated heterocycles. The van der Waals surface area contributed by atoms with E-state index in [1.54, 1.807) is 17.0 Å². The molecule has 0 saturated carbocycles. The smallest absolute Gasteiger partial charge is 0.308 e. The number of rotatable bonds is 3. The number of methoxy groups -OCH3 is 1. The Hall–Kier alpha value is -1.40. The van der Waals surface area contributed by atoms with Crippen LogP contribution >= 0.6 is 15.9 Å². The number of nitrogens with zero attached hydrogens (tertiary/aromatic N) is 1. The van der Waals surface area contributed by atoms with Crippen LogP contribution in [-0.4, -0.2) is 49.7 Å². The van der Waals surface area contributed by atoms with Crippen molar-refractivity contribution < 1.29 is 19.1 Å². The zero-order chi connectivity index (χ0) is 14.5. The van der Waals surface area contributed by atoms with Crippen molar-refractivity contribution in [2.75, 3.05) is 26.8 Å². The van der Waals surface area contributed by atoms with Gasteiger partial charge in [0, 0.05) is 23.1 Å². The highest BCUT2D eigenvalue weighted by Crippen LogP contribution is 2.16. The standard InChI is InChI=1S/C14H16BrNO4/c1-19-13(17)8-12-9-16(5-6-20-12)14(18)10-3-2-4-11(15)7-10/h2-4,7,12H,5-6,8-9H2,1H3. The monoisotopic (exact) mass is 341 g/mol. The minimum atomic E-state index is -0.327. The maximum atomic E-state index is 12.4. The topological polar surface area (TPSA) is 55.8 Å². The molecule has 0 spiro atoms. The van der Waals surface area contributed by atoms with E-state index in [0.29, 0.717) is 25.3 Å². The Morgan fingerprint density at radius 3 is 3.00 bits per heavy atom. The highest BCUT2D eigenvalue weighted by Gasteiger charge is 2.26. The first-order chi connectivity index (χ1) is 9.60. The molecule has 1 fully saturated rings. The van der Waals surface area contributed by atoms with Gasteiger partial charge in [0.2, 0.25) is 0 Å². The van der Waals surface area contributed by atoms with Crippen molar-refractivity contribution >= 4 is 27.8 Å². The first-order valence-electron chi connectivity index (χ1n) is 6.33. The Morgan fingerprint density at radius 2 is 2.30 bits per heavy atom. The molecule has 0 radical (unpaired) electrons. The minimum Gasteiger partial charge on any atom is -0.469 e. The van der Waals surface area contributed by atoms with E-state index in [1.165, 1.54) is 7.11 Å². The maximum Gasteiger partial charge on any atom is 0.308 e. The molecule has 1 amide bonds. The van der Waals surface area contributed by atoms with Crippen LogP contribution in [0.2, 0.25) is 0 Å². The van der Waals surface area contributed by atoms with Crippen molar-refractivity contribution in [2.45, 2.75) is 12.5 Å². The summed E-state index contributed by atoms with van der Waals surface area (Å²) in [6.45, 7) is 1.37. The summed E-state index contributed by atoms with van der Waals surface area (Å²) in [5, 5.41) is 0. The van der Waals surface area contributed by atoms with Crippen LogP contribution in [0.3, 0.4) is 0 Å². The van der Waals surface area contributed by atoms with Crippen molar-refractivity contribution in [3.8, 4) is 0 Å². The second kappa shape index (κ2) is 6.85. The number of halogens is 1. The highest BCUT2D eigenvalue weighted by atomic mass is 79.9. The van der Waals surface area contributed by atoms with E-state index in [4.69, 9.17) is 4.74 Å². The lowest BCUT2D eigenvalue weighted by molar-refractivity contribution is -0.145. The fraction of sp³-hybridized carbons (Fsp3) is 0.429. The first-order valence-corrected chi connectivity index (χ1v) is 7.12. The minimum absolute atomic E-state index is 0.0514. The number of benzene rings is 1. The fourth-order valence-corrected chi connectivity index (χ4v) is 2.50. The van der Waals surface area contributed by atoms with Gasteiger partial charge in [-0.15, -0.1) is 0 Å². The van der Waals surface area contributed by atoms with E-state index < -0.39 is 0 Å². The zero-order valence-corrected chi connectivity index (χ0v) is 12.8. The molecule has 1 aromatic rings. The van der Waals surface area contributed by atoms with Gasteiger partial charge in [0.25, 0.3) is 5.91 Å². The molecule has 1 unspecified atom stereocenters. The predicted octanol–water partition coefficient (Wildman–Crippen LogP) is 1.85. The van der Waals surface area contributed by atoms with Crippen LogP contribution in [0.5, 0.6) is 0 Å². The molecule has 0 aliphatic carbocycles. The fourth-order valence-electron chi connectivity index (χ4n) is 2.10. The molecule has 0 aromatic heterocycles. The summed E-state index contributed by atoms with van der Waals surface area (Å²) in [6, 6.07) is 7.25. The molecule has 1 atom stereocenters. The van der Waals surface area contributed by atoms with Crippen molar-refractivity contribution in [3.05, 3.63) is 34.3 Å². The van der Waals surface area contributed by atoms with Crippen LogP contribution < -0.4 is 0 Å². The molecular formula is C14H16BrNO4. The number of morpholine rings is 1. The largest absolute Gasteiger partial charge is 0.469 e. The molecule has 1 aromatic carbocycles. The molecule has 1 aliphatic rings. The Balaban J connectivity index is 2.01. The number of ether oxygens (including phenoxy) is 2. The third kappa shape index (κ3) is 3.80. The van der Waals surface area contributed by atoms with Crippen LogP contribution in [-0.2, 0) is 14.3 Å². The van der Waals surface area contributed by atoms with Gasteiger partial charge in [-0.3, -0.25) is 9.59 Å². The summed E-state index contributed by atoms with van der Waals surface area (Å²) in [6.07, 6.45) is -0.133. The molecule has 1 heterocycles. The maximum absolute atomic E-state index is 12.4. The van der Waals surface area contributed by atoms with Gasteiger partial charge in [-0.05, 0) is 18.2 Å². The molecule has 6 heteroatoms. The Kier molecular flexibility index (Phi) is 5.14. The van der Waals surface area contributed by atoms with Gasteiger partial charge in [0.15, 0.2) is 0 Å². The Bertz CT molecular complexity index is 506. The van der Waals surface area contributed by atoms with Gasteiger partial charge in [0.05, 0.1) is 26.2 Å². The second-order valence-corrected chi connectivity index (χ2v) is 5.45. The number of hydrogen-bond donors (Lipinski definition) is 0. The Morgan fingerprint density at radius 1 is 1.50 bits per heavy atom. The third-order valence-electron chi connectivity index (χ3n) is 3.12. The van der Waals surface area contributed by atoms with E-state index in [9.17, 15) is 9.59 Å². The van der Waals surface area contributed by atoms with Gasteiger partial charge >= 0.3 is 5.97 Å². The molecule has 0 N–H and O–H groups in total. The van der Waals surface area contributed by atoms with E-state index in [-0.39, 0.29) is 24.4 Å². The van der Waals surface area contributed by atoms with E-state index in [2.05, 4.69) is 20.7 Å². The van der Waals surface area contributed by atoms with Crippen LogP contribution in [0, 0.1) is 0 Å². The van der Waals surface area contributed by atoms with Crippen molar-refractivity contribution in [1.82, 2.24) is 4.90 Å². The van der Waals surface area contributed by atoms with E-state index in [1.807, 2.05) is 12.1 Å². The van der Waals surface area contributed by atoms with Crippen molar-refractivity contribution in [3.63, 3.8) is 0 Å². The third-order valence-corrected chi connectivity index (χ3v) is 3.61. The highest BCUT2D eigenvalue weighted by molar-refractivity contribution is 9.10. The average Bonchev–Trinajstić information content (AvgIpc) is 2.46. The lowest BCUT2D eigenvalue weighted by atomic mass is 10.1.